The molecule has 2 heterocycles. The zero-order valence-corrected chi connectivity index (χ0v) is 12.7. The highest BCUT2D eigenvalue weighted by Crippen LogP contribution is 2.17. The number of methoxy groups -OCH3 is 1. The van der Waals surface area contributed by atoms with E-state index in [4.69, 9.17) is 4.74 Å². The number of aliphatic hydroxyl groups is 1. The van der Waals surface area contributed by atoms with Crippen LogP contribution in [0.3, 0.4) is 0 Å². The lowest BCUT2D eigenvalue weighted by Crippen LogP contribution is -2.50. The molecule has 21 heavy (non-hydrogen) atoms. The predicted molar refractivity (Wildman–Crippen MR) is 79.4 cm³/mol. The van der Waals surface area contributed by atoms with Crippen molar-refractivity contribution >= 4 is 5.91 Å². The van der Waals surface area contributed by atoms with Crippen molar-refractivity contribution in [3.63, 3.8) is 0 Å². The van der Waals surface area contributed by atoms with E-state index in [0.717, 1.165) is 19.5 Å². The summed E-state index contributed by atoms with van der Waals surface area (Å²) in [6.07, 6.45) is 2.08. The number of β-amino-alcohol motifs (C(OH)–C–C–N with tert-alkyl or cyclic N) is 1. The third-order valence-electron chi connectivity index (χ3n) is 3.79. The van der Waals surface area contributed by atoms with Gasteiger partial charge in [-0.15, -0.1) is 0 Å². The molecule has 6 heteroatoms. The molecule has 1 aromatic rings. The Kier molecular flexibility index (Phi) is 5.52. The molecule has 0 saturated carbocycles. The largest absolute Gasteiger partial charge is 0.480 e. The quantitative estimate of drug-likeness (QED) is 0.862. The number of nitrogens with zero attached hydrogens (tertiary/aromatic N) is 3. The lowest BCUT2D eigenvalue weighted by atomic mass is 10.2. The Morgan fingerprint density at radius 3 is 2.76 bits per heavy atom. The molecule has 1 aromatic heterocycles. The zero-order valence-electron chi connectivity index (χ0n) is 12.7. The maximum absolute atomic E-state index is 12.5. The molecule has 1 fully saturated rings. The molecule has 2 rings (SSSR count). The Balaban J connectivity index is 1.94. The van der Waals surface area contributed by atoms with Crippen molar-refractivity contribution < 1.29 is 14.6 Å². The third-order valence-corrected chi connectivity index (χ3v) is 3.79. The van der Waals surface area contributed by atoms with E-state index in [1.54, 1.807) is 18.3 Å². The van der Waals surface area contributed by atoms with Gasteiger partial charge in [0.15, 0.2) is 0 Å². The van der Waals surface area contributed by atoms with Crippen LogP contribution in [0.4, 0.5) is 0 Å². The second-order valence-electron chi connectivity index (χ2n) is 5.22. The van der Waals surface area contributed by atoms with Crippen LogP contribution in [0.2, 0.25) is 0 Å². The maximum Gasteiger partial charge on any atom is 0.259 e. The number of amides is 1. The van der Waals surface area contributed by atoms with Gasteiger partial charge in [-0.25, -0.2) is 4.98 Å². The molecular weight excluding hydrogens is 270 g/mol. The third kappa shape index (κ3) is 3.92. The van der Waals surface area contributed by atoms with Gasteiger partial charge in [-0.1, -0.05) is 6.92 Å². The van der Waals surface area contributed by atoms with E-state index in [0.29, 0.717) is 31.1 Å². The van der Waals surface area contributed by atoms with Crippen molar-refractivity contribution in [2.24, 2.45) is 0 Å². The highest BCUT2D eigenvalue weighted by molar-refractivity contribution is 5.96. The first kappa shape index (κ1) is 15.7. The van der Waals surface area contributed by atoms with Gasteiger partial charge in [0.2, 0.25) is 5.88 Å². The Labute approximate surface area is 125 Å². The van der Waals surface area contributed by atoms with E-state index in [1.807, 2.05) is 11.8 Å². The van der Waals surface area contributed by atoms with E-state index >= 15 is 0 Å². The Morgan fingerprint density at radius 1 is 1.43 bits per heavy atom. The molecule has 1 aliphatic rings. The number of piperazine rings is 1. The van der Waals surface area contributed by atoms with Crippen molar-refractivity contribution in [1.29, 1.82) is 0 Å². The Hall–Kier alpha value is -1.66. The van der Waals surface area contributed by atoms with Crippen molar-refractivity contribution in [3.05, 3.63) is 23.9 Å². The number of hydrogen-bond donors (Lipinski definition) is 1. The lowest BCUT2D eigenvalue weighted by Gasteiger charge is -2.35. The van der Waals surface area contributed by atoms with Gasteiger partial charge >= 0.3 is 0 Å². The molecule has 0 radical (unpaired) electrons. The maximum atomic E-state index is 12.5. The second kappa shape index (κ2) is 7.38. The van der Waals surface area contributed by atoms with Crippen LogP contribution < -0.4 is 4.74 Å². The molecule has 1 amide bonds. The van der Waals surface area contributed by atoms with E-state index < -0.39 is 0 Å². The number of hydrogen-bond acceptors (Lipinski definition) is 5. The SMILES string of the molecule is CC[C@@H](O)CN1CCN(C(=O)c2cccnc2OC)CC1. The molecule has 0 bridgehead atoms. The average Bonchev–Trinajstić information content (AvgIpc) is 2.54. The Morgan fingerprint density at radius 2 is 2.14 bits per heavy atom. The van der Waals surface area contributed by atoms with Crippen LogP contribution in [0, 0.1) is 0 Å². The highest BCUT2D eigenvalue weighted by Gasteiger charge is 2.25. The van der Waals surface area contributed by atoms with Crippen LogP contribution in [0.1, 0.15) is 23.7 Å². The van der Waals surface area contributed by atoms with Gasteiger partial charge in [-0.3, -0.25) is 9.69 Å². The molecule has 1 saturated heterocycles. The minimum atomic E-state index is -0.286. The lowest BCUT2D eigenvalue weighted by molar-refractivity contribution is 0.0521. The highest BCUT2D eigenvalue weighted by atomic mass is 16.5. The van der Waals surface area contributed by atoms with Crippen molar-refractivity contribution in [2.75, 3.05) is 39.8 Å². The van der Waals surface area contributed by atoms with Crippen LogP contribution in [0.15, 0.2) is 18.3 Å². The summed E-state index contributed by atoms with van der Waals surface area (Å²) in [5.41, 5.74) is 0.502. The summed E-state index contributed by atoms with van der Waals surface area (Å²) < 4.78 is 5.14. The topological polar surface area (TPSA) is 65.9 Å². The molecule has 6 nitrogen and oxygen atoms in total. The van der Waals surface area contributed by atoms with E-state index in [1.165, 1.54) is 7.11 Å². The molecule has 0 unspecified atom stereocenters. The first-order chi connectivity index (χ1) is 10.2. The van der Waals surface area contributed by atoms with Gasteiger partial charge in [-0.2, -0.15) is 0 Å². The predicted octanol–water partition coefficient (Wildman–Crippen LogP) is 0.619. The fourth-order valence-electron chi connectivity index (χ4n) is 2.45. The molecule has 0 spiro atoms. The smallest absolute Gasteiger partial charge is 0.259 e. The fourth-order valence-corrected chi connectivity index (χ4v) is 2.45. The average molecular weight is 293 g/mol. The summed E-state index contributed by atoms with van der Waals surface area (Å²) in [5.74, 6) is 0.321. The van der Waals surface area contributed by atoms with Crippen LogP contribution in [-0.4, -0.2) is 71.7 Å². The molecular formula is C15H23N3O3. The molecule has 1 atom stereocenters. The normalized spacial score (nSPS) is 17.6. The number of rotatable bonds is 5. The van der Waals surface area contributed by atoms with Gasteiger partial charge < -0.3 is 14.7 Å². The monoisotopic (exact) mass is 293 g/mol. The first-order valence-corrected chi connectivity index (χ1v) is 7.34. The van der Waals surface area contributed by atoms with Gasteiger partial charge in [0.25, 0.3) is 5.91 Å². The van der Waals surface area contributed by atoms with E-state index in [2.05, 4.69) is 9.88 Å². The summed E-state index contributed by atoms with van der Waals surface area (Å²) in [4.78, 5) is 20.6. The zero-order chi connectivity index (χ0) is 15.2. The number of carbonyl (C=O) groups is 1. The van der Waals surface area contributed by atoms with Crippen LogP contribution in [0.25, 0.3) is 0 Å². The Bertz CT molecular complexity index is 473. The number of aromatic nitrogens is 1. The first-order valence-electron chi connectivity index (χ1n) is 7.34. The number of pyridine rings is 1. The molecule has 1 aliphatic heterocycles. The second-order valence-corrected chi connectivity index (χ2v) is 5.22. The summed E-state index contributed by atoms with van der Waals surface area (Å²) in [7, 11) is 1.52. The fraction of sp³-hybridized carbons (Fsp3) is 0.600. The van der Waals surface area contributed by atoms with Crippen molar-refractivity contribution in [2.45, 2.75) is 19.4 Å². The minimum absolute atomic E-state index is 0.0457. The van der Waals surface area contributed by atoms with Crippen LogP contribution in [-0.2, 0) is 0 Å². The molecule has 0 aromatic carbocycles. The summed E-state index contributed by atoms with van der Waals surface area (Å²) >= 11 is 0. The van der Waals surface area contributed by atoms with Crippen LogP contribution >= 0.6 is 0 Å². The van der Waals surface area contributed by atoms with Crippen molar-refractivity contribution in [1.82, 2.24) is 14.8 Å². The summed E-state index contributed by atoms with van der Waals surface area (Å²) in [6, 6.07) is 3.48. The summed E-state index contributed by atoms with van der Waals surface area (Å²) in [5, 5.41) is 9.68. The molecule has 0 aliphatic carbocycles. The van der Waals surface area contributed by atoms with Crippen molar-refractivity contribution in [3.8, 4) is 5.88 Å². The van der Waals surface area contributed by atoms with Crippen LogP contribution in [0.5, 0.6) is 5.88 Å². The molecule has 1 N–H and O–H groups in total. The van der Waals surface area contributed by atoms with Gasteiger partial charge in [-0.05, 0) is 18.6 Å². The molecule has 116 valence electrons. The minimum Gasteiger partial charge on any atom is -0.480 e. The number of carbonyl (C=O) groups excluding carboxylic acids is 1. The standard InChI is InChI=1S/C15H23N3O3/c1-3-12(19)11-17-7-9-18(10-8-17)15(20)13-5-4-6-16-14(13)21-2/h4-6,12,19H,3,7-11H2,1-2H3/t12-/m1/s1. The van der Waals surface area contributed by atoms with E-state index in [9.17, 15) is 9.90 Å². The number of ether oxygens (including phenoxy) is 1. The summed E-state index contributed by atoms with van der Waals surface area (Å²) in [6.45, 7) is 5.53. The number of aliphatic hydroxyl groups excluding tert-OH is 1. The van der Waals surface area contributed by atoms with Gasteiger partial charge in [0.1, 0.15) is 5.56 Å². The van der Waals surface area contributed by atoms with E-state index in [-0.39, 0.29) is 12.0 Å². The van der Waals surface area contributed by atoms with Gasteiger partial charge in [0, 0.05) is 38.9 Å². The van der Waals surface area contributed by atoms with Gasteiger partial charge in [0.05, 0.1) is 13.2 Å².